The molecule has 0 aliphatic carbocycles. The van der Waals surface area contributed by atoms with Crippen molar-refractivity contribution in [3.05, 3.63) is 124 Å². The lowest BCUT2D eigenvalue weighted by Gasteiger charge is -2.29. The van der Waals surface area contributed by atoms with Gasteiger partial charge in [0.25, 0.3) is 11.8 Å². The summed E-state index contributed by atoms with van der Waals surface area (Å²) in [5.41, 5.74) is 8.91. The van der Waals surface area contributed by atoms with E-state index in [9.17, 15) is 57.9 Å². The fourth-order valence-corrected chi connectivity index (χ4v) is 11.3. The number of nitrogens with one attached hydrogen (secondary N) is 2. The molecule has 7 rings (SSSR count). The summed E-state index contributed by atoms with van der Waals surface area (Å²) in [6.07, 6.45) is 7.26. The minimum absolute atomic E-state index is 0.106. The second kappa shape index (κ2) is 28.2. The zero-order chi connectivity index (χ0) is 61.7. The molecule has 4 aliphatic rings. The van der Waals surface area contributed by atoms with Crippen molar-refractivity contribution in [2.45, 2.75) is 138 Å². The van der Waals surface area contributed by atoms with Gasteiger partial charge < -0.3 is 24.4 Å². The molecule has 2 amide bonds. The number of carbonyl (C=O) groups excluding carboxylic acids is 2. The van der Waals surface area contributed by atoms with Crippen LogP contribution in [0.3, 0.4) is 0 Å². The van der Waals surface area contributed by atoms with Crippen molar-refractivity contribution < 1.29 is 87.2 Å². The molecule has 0 radical (unpaired) electrons. The highest BCUT2D eigenvalue weighted by atomic mass is 32.2. The third-order valence-electron chi connectivity index (χ3n) is 14.7. The minimum Gasteiger partial charge on any atom is -0.480 e. The molecule has 0 spiro atoms. The number of hydrogen-bond acceptors (Lipinski definition) is 18. The topological polar surface area (TPSA) is 301 Å². The van der Waals surface area contributed by atoms with Gasteiger partial charge in [0.2, 0.25) is 0 Å². The van der Waals surface area contributed by atoms with Crippen molar-refractivity contribution in [2.75, 3.05) is 25.4 Å². The predicted molar refractivity (Wildman–Crippen MR) is 306 cm³/mol. The maximum absolute atomic E-state index is 13.7. The number of ether oxygens (including phenoxy) is 1. The van der Waals surface area contributed by atoms with Crippen LogP contribution in [0.25, 0.3) is 17.5 Å². The van der Waals surface area contributed by atoms with Gasteiger partial charge in [0.15, 0.2) is 50.0 Å². The molecule has 0 aromatic heterocycles. The number of hydrogen-bond donors (Lipinski definition) is 4. The van der Waals surface area contributed by atoms with Gasteiger partial charge in [-0.25, -0.2) is 54.2 Å². The average Bonchev–Trinajstić information content (AvgIpc) is 4.37. The van der Waals surface area contributed by atoms with E-state index in [-0.39, 0.29) is 49.6 Å². The van der Waals surface area contributed by atoms with Crippen LogP contribution in [0, 0.1) is 0 Å². The number of hydroxylamine groups is 2. The molecule has 1 saturated heterocycles. The second-order valence-corrected chi connectivity index (χ2v) is 28.1. The Balaban J connectivity index is 0.000000230. The lowest BCUT2D eigenvalue weighted by Crippen LogP contribution is -2.52. The van der Waals surface area contributed by atoms with Crippen molar-refractivity contribution in [3.8, 4) is 0 Å². The van der Waals surface area contributed by atoms with Crippen molar-refractivity contribution in [1.82, 2.24) is 11.0 Å². The summed E-state index contributed by atoms with van der Waals surface area (Å²) in [5.74, 6) is -4.22. The van der Waals surface area contributed by atoms with E-state index in [1.54, 1.807) is 93.6 Å². The molecule has 4 heterocycles. The molecular formula is C56H70F3N5O16S3. The Morgan fingerprint density at radius 1 is 0.578 bits per heavy atom. The van der Waals surface area contributed by atoms with Crippen LogP contribution in [-0.2, 0) is 68.0 Å². The van der Waals surface area contributed by atoms with E-state index in [4.69, 9.17) is 29.3 Å². The highest BCUT2D eigenvalue weighted by Gasteiger charge is 2.50. The van der Waals surface area contributed by atoms with Crippen LogP contribution in [0.5, 0.6) is 0 Å². The number of nitrogens with zero attached hydrogens (tertiary/aromatic N) is 3. The van der Waals surface area contributed by atoms with E-state index in [0.29, 0.717) is 64.4 Å². The smallest absolute Gasteiger partial charge is 0.324 e. The van der Waals surface area contributed by atoms with E-state index in [1.165, 1.54) is 44.5 Å². The van der Waals surface area contributed by atoms with Gasteiger partial charge in [0.1, 0.15) is 35.8 Å². The normalized spacial score (nSPS) is 21.7. The number of carboxylic acid groups (broad SMARTS) is 1. The van der Waals surface area contributed by atoms with E-state index in [1.807, 2.05) is 0 Å². The Morgan fingerprint density at radius 3 is 1.18 bits per heavy atom. The summed E-state index contributed by atoms with van der Waals surface area (Å²) in [6, 6.07) is 19.9. The van der Waals surface area contributed by atoms with Gasteiger partial charge in [-0.05, 0) is 71.1 Å². The molecule has 7 atom stereocenters. The zero-order valence-corrected chi connectivity index (χ0v) is 49.8. The predicted octanol–water partition coefficient (Wildman–Crippen LogP) is 8.27. The largest absolute Gasteiger partial charge is 0.480 e. The molecule has 83 heavy (non-hydrogen) atoms. The Hall–Kier alpha value is -6.78. The summed E-state index contributed by atoms with van der Waals surface area (Å²) in [7, 11) is -11.5. The van der Waals surface area contributed by atoms with Gasteiger partial charge in [-0.2, -0.15) is 0 Å². The van der Waals surface area contributed by atoms with Crippen molar-refractivity contribution in [3.63, 3.8) is 0 Å². The standard InChI is InChI=1S/C22H29FN2O6S.C17H21FN2O5S.C17H20FNO5S/c1-4-18(23)15-8-10-16(11-9-15)19-13-17(30-24-19)14-22(2,32(3,27)28)21(26)25-31-20-7-5-6-12-29-20;1-4-14(18)11-5-7-12(8-6-11)15-9-13(25-20-15)10-17(2,16(21)19-22)26(3,23)24;1-4-14(18)11-5-7-12(8-6-11)15-9-13(24-19-15)10-17(2,16(20)21)25(3,22)23/h4,8-11,17,20H,5-7,12-14H2,1-3H3,(H,25,26);4-8,13,22H,9-10H2,1-3H3,(H,19,21);4-8,13H,9-10H2,1-3H3,(H,20,21)/b18-4-;2*14-4-/t17-,20?,22-;2*13-,17-/m111/s1. The Kier molecular flexibility index (Phi) is 22.8. The van der Waals surface area contributed by atoms with Crippen LogP contribution in [0.2, 0.25) is 0 Å². The zero-order valence-electron chi connectivity index (χ0n) is 47.4. The highest BCUT2D eigenvalue weighted by molar-refractivity contribution is 7.93. The average molecular weight is 1220 g/mol. The first-order valence-corrected chi connectivity index (χ1v) is 31.8. The number of amides is 2. The van der Waals surface area contributed by atoms with Crippen LogP contribution in [0.15, 0.2) is 106 Å². The van der Waals surface area contributed by atoms with Crippen LogP contribution < -0.4 is 11.0 Å². The number of allylic oxidation sites excluding steroid dienone is 3. The molecule has 4 N–H and O–H groups in total. The number of sulfone groups is 3. The van der Waals surface area contributed by atoms with Crippen molar-refractivity contribution in [2.24, 2.45) is 15.5 Å². The number of halogens is 3. The monoisotopic (exact) mass is 1220 g/mol. The van der Waals surface area contributed by atoms with Crippen molar-refractivity contribution in [1.29, 1.82) is 0 Å². The lowest BCUT2D eigenvalue weighted by atomic mass is 9.96. The molecule has 454 valence electrons. The van der Waals surface area contributed by atoms with Gasteiger partial charge >= 0.3 is 5.97 Å². The molecule has 0 bridgehead atoms. The van der Waals surface area contributed by atoms with Gasteiger partial charge in [-0.1, -0.05) is 106 Å². The minimum atomic E-state index is -3.83. The molecular weight excluding hydrogens is 1150 g/mol. The summed E-state index contributed by atoms with van der Waals surface area (Å²) in [4.78, 5) is 57.4. The third kappa shape index (κ3) is 16.7. The van der Waals surface area contributed by atoms with E-state index in [0.717, 1.165) is 37.2 Å². The fraction of sp³-hybridized carbons (Fsp3) is 0.464. The van der Waals surface area contributed by atoms with Gasteiger partial charge in [-0.15, -0.1) is 0 Å². The van der Waals surface area contributed by atoms with E-state index in [2.05, 4.69) is 20.9 Å². The molecule has 0 saturated carbocycles. The molecule has 1 unspecified atom stereocenters. The van der Waals surface area contributed by atoms with Gasteiger partial charge in [0, 0.05) is 87.0 Å². The Labute approximate surface area is 481 Å². The highest BCUT2D eigenvalue weighted by Crippen LogP contribution is 2.33. The van der Waals surface area contributed by atoms with Crippen LogP contribution in [-0.4, -0.2) is 135 Å². The molecule has 1 fully saturated rings. The Bertz CT molecular complexity index is 3370. The maximum atomic E-state index is 13.7. The first-order chi connectivity index (χ1) is 38.8. The van der Waals surface area contributed by atoms with Crippen molar-refractivity contribution >= 4 is 81.9 Å². The number of carboxylic acids is 1. The molecule has 3 aromatic rings. The van der Waals surface area contributed by atoms with Gasteiger partial charge in [-0.3, -0.25) is 19.6 Å². The quantitative estimate of drug-likeness (QED) is 0.0611. The molecule has 3 aromatic carbocycles. The van der Waals surface area contributed by atoms with Crippen LogP contribution >= 0.6 is 0 Å². The summed E-state index contributed by atoms with van der Waals surface area (Å²) >= 11 is 0. The second-order valence-electron chi connectivity index (χ2n) is 20.8. The van der Waals surface area contributed by atoms with Gasteiger partial charge in [0.05, 0.1) is 17.1 Å². The van der Waals surface area contributed by atoms with E-state index >= 15 is 0 Å². The van der Waals surface area contributed by atoms with Crippen LogP contribution in [0.4, 0.5) is 13.2 Å². The summed E-state index contributed by atoms with van der Waals surface area (Å²) < 4.78 is 113. The summed E-state index contributed by atoms with van der Waals surface area (Å²) in [5, 5.41) is 30.1. The number of rotatable bonds is 20. The first kappa shape index (κ1) is 67.0. The van der Waals surface area contributed by atoms with E-state index < -0.39 is 86.1 Å². The first-order valence-electron chi connectivity index (χ1n) is 26.1. The van der Waals surface area contributed by atoms with Crippen LogP contribution in [0.1, 0.15) is 133 Å². The Morgan fingerprint density at radius 2 is 0.904 bits per heavy atom. The number of benzene rings is 3. The molecule has 27 heteroatoms. The SMILES string of the molecule is C/C=C(\F)c1ccc(C2=NO[C@@H](C[C@](C)(C(=O)NO)S(C)(=O)=O)C2)cc1.C/C=C(\F)c1ccc(C2=NO[C@@H](C[C@](C)(C(=O)NOC3CCCCO3)S(C)(=O)=O)C2)cc1.C/C=C(\F)c1ccc(C2=NO[C@@H](C[C@](C)(C(=O)O)S(C)(=O)=O)C2)cc1. The number of oxime groups is 3. The maximum Gasteiger partial charge on any atom is 0.324 e. The summed E-state index contributed by atoms with van der Waals surface area (Å²) in [6.45, 7) is 9.09. The fourth-order valence-electron chi connectivity index (χ4n) is 8.77. The molecule has 21 nitrogen and oxygen atoms in total. The lowest BCUT2D eigenvalue weighted by molar-refractivity contribution is -0.201. The molecule has 4 aliphatic heterocycles. The number of aliphatic carboxylic acids is 1. The third-order valence-corrected chi connectivity index (χ3v) is 20.6. The number of carbonyl (C=O) groups is 3.